The molecule has 1 atom stereocenters. The zero-order valence-electron chi connectivity index (χ0n) is 16.0. The van der Waals surface area contributed by atoms with Gasteiger partial charge in [-0.25, -0.2) is 9.38 Å². The van der Waals surface area contributed by atoms with E-state index in [0.717, 1.165) is 4.90 Å². The van der Waals surface area contributed by atoms with Crippen LogP contribution in [0.5, 0.6) is 5.75 Å². The number of aliphatic imine (C=N–C) groups is 1. The number of guanidine groups is 1. The fraction of sp³-hybridized carbons (Fsp3) is 0.238. The Morgan fingerprint density at radius 2 is 1.87 bits per heavy atom. The van der Waals surface area contributed by atoms with Crippen LogP contribution in [0, 0.1) is 5.82 Å². The summed E-state index contributed by atoms with van der Waals surface area (Å²) in [7, 11) is 1.45. The summed E-state index contributed by atoms with van der Waals surface area (Å²) in [6.07, 6.45) is 3.01. The molecule has 0 saturated carbocycles. The molecule has 9 heteroatoms. The Labute approximate surface area is 170 Å². The Balaban J connectivity index is 2.14. The van der Waals surface area contributed by atoms with E-state index < -0.39 is 30.5 Å². The minimum atomic E-state index is -2.99. The van der Waals surface area contributed by atoms with Crippen molar-refractivity contribution in [3.8, 4) is 5.75 Å². The van der Waals surface area contributed by atoms with Gasteiger partial charge in [-0.2, -0.15) is 8.78 Å². The van der Waals surface area contributed by atoms with Crippen molar-refractivity contribution in [3.63, 3.8) is 0 Å². The predicted molar refractivity (Wildman–Crippen MR) is 104 cm³/mol. The first-order valence-corrected chi connectivity index (χ1v) is 9.01. The van der Waals surface area contributed by atoms with Crippen molar-refractivity contribution in [2.45, 2.75) is 18.6 Å². The summed E-state index contributed by atoms with van der Waals surface area (Å²) in [4.78, 5) is 18.7. The van der Waals surface area contributed by atoms with E-state index in [1.807, 2.05) is 0 Å². The lowest BCUT2D eigenvalue weighted by Gasteiger charge is -2.26. The van der Waals surface area contributed by atoms with Gasteiger partial charge < -0.3 is 10.5 Å². The average Bonchev–Trinajstić information content (AvgIpc) is 2.94. The Morgan fingerprint density at radius 1 is 1.20 bits per heavy atom. The van der Waals surface area contributed by atoms with Crippen molar-refractivity contribution in [3.05, 3.63) is 71.0 Å². The first kappa shape index (κ1) is 21.4. The number of rotatable bonds is 7. The summed E-state index contributed by atoms with van der Waals surface area (Å²) in [5.41, 5.74) is 5.07. The molecule has 1 aliphatic heterocycles. The molecule has 0 bridgehead atoms. The number of ether oxygens (including phenoxy) is 1. The number of carbonyl (C=O) groups is 1. The molecule has 1 aliphatic rings. The number of hydrogen-bond acceptors (Lipinski definition) is 4. The molecular weight excluding hydrogens is 402 g/mol. The van der Waals surface area contributed by atoms with Crippen molar-refractivity contribution >= 4 is 17.9 Å². The Kier molecular flexibility index (Phi) is 6.09. The Hall–Kier alpha value is -3.36. The maximum absolute atomic E-state index is 14.2. The lowest BCUT2D eigenvalue weighted by molar-refractivity contribution is -0.129. The van der Waals surface area contributed by atoms with Gasteiger partial charge in [0.25, 0.3) is 5.91 Å². The molecule has 0 aromatic heterocycles. The van der Waals surface area contributed by atoms with Gasteiger partial charge in [0.2, 0.25) is 0 Å². The second-order valence-electron chi connectivity index (χ2n) is 6.56. The number of benzene rings is 2. The van der Waals surface area contributed by atoms with Crippen molar-refractivity contribution in [2.75, 3.05) is 13.7 Å². The number of nitrogens with zero attached hydrogens (tertiary/aromatic N) is 2. The largest absolute Gasteiger partial charge is 0.435 e. The van der Waals surface area contributed by atoms with Gasteiger partial charge in [-0.05, 0) is 41.8 Å². The number of amides is 1. The van der Waals surface area contributed by atoms with Crippen LogP contribution in [0.3, 0.4) is 0 Å². The van der Waals surface area contributed by atoms with E-state index in [4.69, 9.17) is 5.73 Å². The number of carbonyl (C=O) groups excluding carboxylic acids is 1. The van der Waals surface area contributed by atoms with E-state index in [1.54, 1.807) is 0 Å². The Bertz CT molecular complexity index is 992. The molecule has 0 spiro atoms. The summed E-state index contributed by atoms with van der Waals surface area (Å²) in [5, 5.41) is 0. The van der Waals surface area contributed by atoms with Crippen LogP contribution in [0.4, 0.5) is 17.6 Å². The van der Waals surface area contributed by atoms with Gasteiger partial charge in [-0.1, -0.05) is 30.4 Å². The first-order chi connectivity index (χ1) is 14.3. The molecule has 0 fully saturated rings. The smallest absolute Gasteiger partial charge is 0.387 e. The zero-order chi connectivity index (χ0) is 21.9. The predicted octanol–water partition coefficient (Wildman–Crippen LogP) is 3.83. The summed E-state index contributed by atoms with van der Waals surface area (Å²) >= 11 is 0. The second-order valence-corrected chi connectivity index (χ2v) is 6.56. The topological polar surface area (TPSA) is 67.9 Å². The van der Waals surface area contributed by atoms with E-state index in [2.05, 4.69) is 9.73 Å². The number of alkyl halides is 3. The van der Waals surface area contributed by atoms with Gasteiger partial charge in [0, 0.05) is 12.6 Å². The van der Waals surface area contributed by atoms with Crippen molar-refractivity contribution in [2.24, 2.45) is 10.7 Å². The molecule has 158 valence electrons. The van der Waals surface area contributed by atoms with E-state index >= 15 is 0 Å². The van der Waals surface area contributed by atoms with Crippen LogP contribution < -0.4 is 10.5 Å². The number of allylic oxidation sites excluding steroid dienone is 1. The monoisotopic (exact) mass is 421 g/mol. The molecule has 0 aliphatic carbocycles. The van der Waals surface area contributed by atoms with E-state index in [0.29, 0.717) is 11.1 Å². The molecule has 0 saturated heterocycles. The molecule has 5 nitrogen and oxygen atoms in total. The third-order valence-electron chi connectivity index (χ3n) is 4.72. The summed E-state index contributed by atoms with van der Waals surface area (Å²) < 4.78 is 55.9. The van der Waals surface area contributed by atoms with Gasteiger partial charge >= 0.3 is 6.61 Å². The highest BCUT2D eigenvalue weighted by atomic mass is 19.3. The highest BCUT2D eigenvalue weighted by molar-refractivity contribution is 6.09. The number of hydrogen-bond donors (Lipinski definition) is 1. The third kappa shape index (κ3) is 3.87. The highest BCUT2D eigenvalue weighted by Crippen LogP contribution is 2.40. The molecular formula is C21H19F4N3O2. The molecule has 1 heterocycles. The van der Waals surface area contributed by atoms with Gasteiger partial charge in [-0.3, -0.25) is 14.1 Å². The standard InChI is InChI=1S/C21H19F4N3O2/c1-28-18(29)21(27-20(28)26,14-5-8-16(9-6-14)30-19(24)25)15-7-10-17(23)13(12-15)4-2-3-11-22/h2,4-10,12,19H,3,11H2,1H3,(H2,26,27)/t21-/m1/s1. The van der Waals surface area contributed by atoms with Gasteiger partial charge in [0.05, 0.1) is 6.67 Å². The SMILES string of the molecule is CN1C(=O)[C@@](c2ccc(OC(F)F)cc2)(c2ccc(F)c(C=CCCF)c2)N=C1N. The van der Waals surface area contributed by atoms with Crippen molar-refractivity contribution in [1.82, 2.24) is 4.90 Å². The van der Waals surface area contributed by atoms with E-state index in [9.17, 15) is 22.4 Å². The van der Waals surface area contributed by atoms with Crippen LogP contribution in [-0.2, 0) is 10.3 Å². The van der Waals surface area contributed by atoms with Crippen LogP contribution in [-0.4, -0.2) is 37.1 Å². The minimum Gasteiger partial charge on any atom is -0.435 e. The van der Waals surface area contributed by atoms with Crippen molar-refractivity contribution < 1.29 is 27.1 Å². The normalized spacial score (nSPS) is 19.1. The van der Waals surface area contributed by atoms with Crippen LogP contribution in [0.2, 0.25) is 0 Å². The first-order valence-electron chi connectivity index (χ1n) is 9.01. The third-order valence-corrected chi connectivity index (χ3v) is 4.72. The van der Waals surface area contributed by atoms with Gasteiger partial charge in [0.1, 0.15) is 11.6 Å². The fourth-order valence-electron chi connectivity index (χ4n) is 3.23. The molecule has 0 unspecified atom stereocenters. The molecule has 2 N–H and O–H groups in total. The van der Waals surface area contributed by atoms with E-state index in [1.165, 1.54) is 61.7 Å². The number of halogens is 4. The van der Waals surface area contributed by atoms with Crippen LogP contribution in [0.15, 0.2) is 53.5 Å². The molecule has 3 rings (SSSR count). The number of likely N-dealkylation sites (N-methyl/N-ethyl adjacent to an activating group) is 1. The zero-order valence-corrected chi connectivity index (χ0v) is 16.0. The lowest BCUT2D eigenvalue weighted by Crippen LogP contribution is -2.41. The summed E-state index contributed by atoms with van der Waals surface area (Å²) in [6.45, 7) is -3.58. The molecule has 2 aromatic rings. The minimum absolute atomic E-state index is 0.0493. The maximum Gasteiger partial charge on any atom is 0.387 e. The van der Waals surface area contributed by atoms with E-state index in [-0.39, 0.29) is 23.7 Å². The van der Waals surface area contributed by atoms with Crippen LogP contribution >= 0.6 is 0 Å². The molecule has 30 heavy (non-hydrogen) atoms. The number of nitrogens with two attached hydrogens (primary N) is 1. The Morgan fingerprint density at radius 3 is 2.43 bits per heavy atom. The van der Waals surface area contributed by atoms with Gasteiger partial charge in [0.15, 0.2) is 11.5 Å². The van der Waals surface area contributed by atoms with Crippen LogP contribution in [0.1, 0.15) is 23.1 Å². The highest BCUT2D eigenvalue weighted by Gasteiger charge is 2.49. The average molecular weight is 421 g/mol. The van der Waals surface area contributed by atoms with Crippen LogP contribution in [0.25, 0.3) is 6.08 Å². The van der Waals surface area contributed by atoms with Crippen molar-refractivity contribution in [1.29, 1.82) is 0 Å². The lowest BCUT2D eigenvalue weighted by atomic mass is 9.82. The molecule has 0 radical (unpaired) electrons. The molecule has 2 aromatic carbocycles. The second kappa shape index (κ2) is 8.56. The summed E-state index contributed by atoms with van der Waals surface area (Å²) in [6, 6.07) is 9.43. The fourth-order valence-corrected chi connectivity index (χ4v) is 3.23. The molecule has 1 amide bonds. The quantitative estimate of drug-likeness (QED) is 0.691. The maximum atomic E-state index is 14.2. The summed E-state index contributed by atoms with van der Waals surface area (Å²) in [5.74, 6) is -1.19. The van der Waals surface area contributed by atoms with Gasteiger partial charge in [-0.15, -0.1) is 0 Å².